The van der Waals surface area contributed by atoms with Gasteiger partial charge >= 0.3 is 5.97 Å². The highest BCUT2D eigenvalue weighted by Crippen LogP contribution is 2.22. The molecule has 0 atom stereocenters. The minimum atomic E-state index is -0.0915. The highest BCUT2D eigenvalue weighted by Gasteiger charge is 2.24. The van der Waals surface area contributed by atoms with Gasteiger partial charge in [0.2, 0.25) is 0 Å². The van der Waals surface area contributed by atoms with Crippen molar-refractivity contribution in [1.82, 2.24) is 9.80 Å². The van der Waals surface area contributed by atoms with E-state index in [1.165, 1.54) is 58.7 Å². The van der Waals surface area contributed by atoms with Gasteiger partial charge in [0.05, 0.1) is 13.5 Å². The Morgan fingerprint density at radius 2 is 1.68 bits per heavy atom. The Hall–Kier alpha value is -0.610. The number of methoxy groups -OCH3 is 1. The first kappa shape index (κ1) is 14.8. The maximum absolute atomic E-state index is 11.1. The molecule has 0 amide bonds. The van der Waals surface area contributed by atoms with Crippen LogP contribution in [0, 0.1) is 0 Å². The van der Waals surface area contributed by atoms with Crippen molar-refractivity contribution in [3.8, 4) is 0 Å². The summed E-state index contributed by atoms with van der Waals surface area (Å²) >= 11 is 0. The minimum Gasteiger partial charge on any atom is -0.469 e. The number of esters is 1. The maximum atomic E-state index is 11.1. The van der Waals surface area contributed by atoms with Gasteiger partial charge in [0.15, 0.2) is 0 Å². The molecule has 4 heteroatoms. The highest BCUT2D eigenvalue weighted by atomic mass is 16.5. The Labute approximate surface area is 117 Å². The number of hydrogen-bond donors (Lipinski definition) is 0. The van der Waals surface area contributed by atoms with Crippen LogP contribution in [-0.2, 0) is 9.53 Å². The van der Waals surface area contributed by atoms with Crippen LogP contribution in [0.2, 0.25) is 0 Å². The smallest absolute Gasteiger partial charge is 0.306 e. The fourth-order valence-electron chi connectivity index (χ4n) is 3.33. The summed E-state index contributed by atoms with van der Waals surface area (Å²) in [5.74, 6) is -0.0915. The summed E-state index contributed by atoms with van der Waals surface area (Å²) < 4.78 is 4.70. The van der Waals surface area contributed by atoms with Gasteiger partial charge in [-0.3, -0.25) is 9.69 Å². The summed E-state index contributed by atoms with van der Waals surface area (Å²) in [6.45, 7) is 5.41. The van der Waals surface area contributed by atoms with Crippen LogP contribution >= 0.6 is 0 Å². The van der Waals surface area contributed by atoms with Gasteiger partial charge in [-0.25, -0.2) is 0 Å². The van der Waals surface area contributed by atoms with Crippen molar-refractivity contribution >= 4 is 5.97 Å². The zero-order valence-corrected chi connectivity index (χ0v) is 12.3. The van der Waals surface area contributed by atoms with E-state index >= 15 is 0 Å². The Bertz CT molecular complexity index is 267. The molecule has 1 heterocycles. The van der Waals surface area contributed by atoms with Crippen molar-refractivity contribution in [3.63, 3.8) is 0 Å². The summed E-state index contributed by atoms with van der Waals surface area (Å²) in [6, 6.07) is 0.824. The average molecular weight is 268 g/mol. The molecule has 1 aliphatic heterocycles. The zero-order valence-electron chi connectivity index (χ0n) is 12.3. The van der Waals surface area contributed by atoms with Gasteiger partial charge in [0.25, 0.3) is 0 Å². The monoisotopic (exact) mass is 268 g/mol. The van der Waals surface area contributed by atoms with Crippen molar-refractivity contribution in [3.05, 3.63) is 0 Å². The minimum absolute atomic E-state index is 0.0915. The van der Waals surface area contributed by atoms with Crippen LogP contribution in [-0.4, -0.2) is 61.6 Å². The first-order chi connectivity index (χ1) is 9.29. The lowest BCUT2D eigenvalue weighted by atomic mass is 10.1. The average Bonchev–Trinajstić information content (AvgIpc) is 2.74. The Morgan fingerprint density at radius 1 is 1.05 bits per heavy atom. The normalized spacial score (nSPS) is 24.1. The van der Waals surface area contributed by atoms with Gasteiger partial charge in [-0.2, -0.15) is 0 Å². The largest absolute Gasteiger partial charge is 0.469 e. The second kappa shape index (κ2) is 7.85. The van der Waals surface area contributed by atoms with Crippen LogP contribution in [0.15, 0.2) is 0 Å². The molecule has 110 valence electrons. The Balaban J connectivity index is 1.68. The molecular weight excluding hydrogens is 240 g/mol. The van der Waals surface area contributed by atoms with E-state index in [1.807, 2.05) is 0 Å². The molecule has 2 rings (SSSR count). The van der Waals surface area contributed by atoms with Gasteiger partial charge in [-0.05, 0) is 12.8 Å². The van der Waals surface area contributed by atoms with E-state index in [4.69, 9.17) is 4.74 Å². The second-order valence-corrected chi connectivity index (χ2v) is 5.85. The number of rotatable bonds is 4. The number of carbonyl (C=O) groups excluding carboxylic acids is 1. The fraction of sp³-hybridized carbons (Fsp3) is 0.933. The van der Waals surface area contributed by atoms with E-state index in [0.29, 0.717) is 6.42 Å². The summed E-state index contributed by atoms with van der Waals surface area (Å²) in [5.41, 5.74) is 0. The molecule has 0 radical (unpaired) electrons. The topological polar surface area (TPSA) is 32.8 Å². The molecule has 0 aromatic rings. The first-order valence-corrected chi connectivity index (χ1v) is 7.83. The van der Waals surface area contributed by atoms with Crippen molar-refractivity contribution in [1.29, 1.82) is 0 Å². The van der Waals surface area contributed by atoms with Crippen LogP contribution in [0.4, 0.5) is 0 Å². The van der Waals surface area contributed by atoms with E-state index in [0.717, 1.165) is 25.7 Å². The van der Waals surface area contributed by atoms with Crippen LogP contribution in [0.1, 0.15) is 44.9 Å². The summed E-state index contributed by atoms with van der Waals surface area (Å²) in [6.07, 6.45) is 8.98. The van der Waals surface area contributed by atoms with Gasteiger partial charge in [-0.15, -0.1) is 0 Å². The molecular formula is C15H28N2O2. The summed E-state index contributed by atoms with van der Waals surface area (Å²) in [7, 11) is 1.46. The molecule has 0 unspecified atom stereocenters. The molecule has 1 saturated heterocycles. The quantitative estimate of drug-likeness (QED) is 0.576. The van der Waals surface area contributed by atoms with E-state index < -0.39 is 0 Å². The molecule has 0 spiro atoms. The van der Waals surface area contributed by atoms with E-state index in [2.05, 4.69) is 9.80 Å². The summed E-state index contributed by atoms with van der Waals surface area (Å²) in [4.78, 5) is 16.2. The maximum Gasteiger partial charge on any atom is 0.306 e. The lowest BCUT2D eigenvalue weighted by Crippen LogP contribution is -2.50. The van der Waals surface area contributed by atoms with Gasteiger partial charge in [-0.1, -0.05) is 25.7 Å². The third kappa shape index (κ3) is 4.77. The third-order valence-corrected chi connectivity index (χ3v) is 4.61. The van der Waals surface area contributed by atoms with Crippen LogP contribution < -0.4 is 0 Å². The van der Waals surface area contributed by atoms with E-state index in [9.17, 15) is 4.79 Å². The predicted octanol–water partition coefficient (Wildman–Crippen LogP) is 1.89. The van der Waals surface area contributed by atoms with Crippen LogP contribution in [0.5, 0.6) is 0 Å². The van der Waals surface area contributed by atoms with Crippen molar-refractivity contribution in [2.75, 3.05) is 39.8 Å². The molecule has 0 aromatic heterocycles. The molecule has 0 N–H and O–H groups in total. The standard InChI is InChI=1S/C15H28N2O2/c1-19-15(18)8-9-16-10-12-17(13-11-16)14-6-4-2-3-5-7-14/h14H,2-13H2,1H3. The first-order valence-electron chi connectivity index (χ1n) is 7.83. The van der Waals surface area contributed by atoms with E-state index in [-0.39, 0.29) is 5.97 Å². The number of hydrogen-bond acceptors (Lipinski definition) is 4. The van der Waals surface area contributed by atoms with E-state index in [1.54, 1.807) is 0 Å². The lowest BCUT2D eigenvalue weighted by molar-refractivity contribution is -0.141. The molecule has 0 bridgehead atoms. The van der Waals surface area contributed by atoms with Gasteiger partial charge in [0, 0.05) is 38.8 Å². The zero-order chi connectivity index (χ0) is 13.5. The Kier molecular flexibility index (Phi) is 6.11. The molecule has 2 aliphatic rings. The lowest BCUT2D eigenvalue weighted by Gasteiger charge is -2.39. The number of nitrogens with zero attached hydrogens (tertiary/aromatic N) is 2. The third-order valence-electron chi connectivity index (χ3n) is 4.61. The SMILES string of the molecule is COC(=O)CCN1CCN(C2CCCCCC2)CC1. The van der Waals surface area contributed by atoms with Crippen molar-refractivity contribution < 1.29 is 9.53 Å². The molecule has 19 heavy (non-hydrogen) atoms. The predicted molar refractivity (Wildman–Crippen MR) is 76.1 cm³/mol. The fourth-order valence-corrected chi connectivity index (χ4v) is 3.33. The summed E-state index contributed by atoms with van der Waals surface area (Å²) in [5, 5.41) is 0. The molecule has 1 saturated carbocycles. The van der Waals surface area contributed by atoms with Crippen LogP contribution in [0.25, 0.3) is 0 Å². The molecule has 4 nitrogen and oxygen atoms in total. The molecule has 2 fully saturated rings. The second-order valence-electron chi connectivity index (χ2n) is 5.85. The Morgan fingerprint density at radius 3 is 2.26 bits per heavy atom. The number of piperazine rings is 1. The van der Waals surface area contributed by atoms with Gasteiger partial charge < -0.3 is 9.64 Å². The molecule has 0 aromatic carbocycles. The van der Waals surface area contributed by atoms with Gasteiger partial charge in [0.1, 0.15) is 0 Å². The number of ether oxygens (including phenoxy) is 1. The highest BCUT2D eigenvalue weighted by molar-refractivity contribution is 5.69. The van der Waals surface area contributed by atoms with Crippen LogP contribution in [0.3, 0.4) is 0 Å². The number of carbonyl (C=O) groups is 1. The molecule has 1 aliphatic carbocycles. The van der Waals surface area contributed by atoms with Crippen molar-refractivity contribution in [2.45, 2.75) is 51.0 Å². The van der Waals surface area contributed by atoms with Crippen molar-refractivity contribution in [2.24, 2.45) is 0 Å².